The molecule has 188 valence electrons. The third kappa shape index (κ3) is 5.26. The van der Waals surface area contributed by atoms with Crippen LogP contribution in [0, 0.1) is 0 Å². The standard InChI is InChI=1S/C26H26N8O3/c1-33(2)13-7-12-28-26(35)17-8-6-11-19(14-17)36-22-15-21-20(16-29-22)30-25(23-24(27)32-37-31-23)34(21)18-9-4-3-5-10-18/h3-6,8-11,14-16H,7,12-13H2,1-2H3,(H2,27,32)(H,28,35). The van der Waals surface area contributed by atoms with Crippen molar-refractivity contribution in [2.75, 3.05) is 32.9 Å². The van der Waals surface area contributed by atoms with Gasteiger partial charge in [0.05, 0.1) is 11.7 Å². The second-order valence-corrected chi connectivity index (χ2v) is 8.66. The lowest BCUT2D eigenvalue weighted by Gasteiger charge is -2.11. The Labute approximate surface area is 212 Å². The number of anilines is 1. The molecule has 37 heavy (non-hydrogen) atoms. The van der Waals surface area contributed by atoms with Crippen LogP contribution in [0.1, 0.15) is 16.8 Å². The van der Waals surface area contributed by atoms with Gasteiger partial charge in [0.1, 0.15) is 11.3 Å². The SMILES string of the molecule is CN(C)CCCNC(=O)c1cccc(Oc2cc3c(cn2)nc(-c2nonc2N)n3-c2ccccc2)c1. The van der Waals surface area contributed by atoms with Gasteiger partial charge in [0.2, 0.25) is 5.88 Å². The number of carbonyl (C=O) groups is 1. The average molecular weight is 499 g/mol. The lowest BCUT2D eigenvalue weighted by Crippen LogP contribution is -2.27. The Balaban J connectivity index is 1.44. The van der Waals surface area contributed by atoms with E-state index in [1.165, 1.54) is 0 Å². The molecule has 3 aromatic heterocycles. The number of para-hydroxylation sites is 1. The Hall–Kier alpha value is -4.77. The molecule has 3 heterocycles. The van der Waals surface area contributed by atoms with Crippen LogP contribution in [-0.4, -0.2) is 62.8 Å². The van der Waals surface area contributed by atoms with Crippen LogP contribution in [0.3, 0.4) is 0 Å². The van der Waals surface area contributed by atoms with Crippen molar-refractivity contribution in [1.82, 2.24) is 35.1 Å². The number of nitrogens with one attached hydrogen (secondary N) is 1. The molecule has 0 aliphatic rings. The minimum Gasteiger partial charge on any atom is -0.439 e. The molecule has 0 radical (unpaired) electrons. The number of nitrogen functional groups attached to an aromatic ring is 1. The smallest absolute Gasteiger partial charge is 0.251 e. The van der Waals surface area contributed by atoms with Gasteiger partial charge in [0.25, 0.3) is 5.91 Å². The van der Waals surface area contributed by atoms with E-state index >= 15 is 0 Å². The fraction of sp³-hybridized carbons (Fsp3) is 0.192. The summed E-state index contributed by atoms with van der Waals surface area (Å²) in [5.41, 5.74) is 8.98. The summed E-state index contributed by atoms with van der Waals surface area (Å²) in [5.74, 6) is 1.27. The summed E-state index contributed by atoms with van der Waals surface area (Å²) in [4.78, 5) is 23.7. The van der Waals surface area contributed by atoms with Crippen LogP contribution in [-0.2, 0) is 0 Å². The third-order valence-corrected chi connectivity index (χ3v) is 5.64. The number of benzene rings is 2. The molecule has 0 bridgehead atoms. The van der Waals surface area contributed by atoms with Gasteiger partial charge in [-0.3, -0.25) is 9.36 Å². The molecule has 0 saturated carbocycles. The maximum Gasteiger partial charge on any atom is 0.251 e. The fourth-order valence-electron chi connectivity index (χ4n) is 3.89. The van der Waals surface area contributed by atoms with Crippen molar-refractivity contribution in [3.05, 3.63) is 72.4 Å². The molecule has 0 saturated heterocycles. The first kappa shape index (κ1) is 23.9. The van der Waals surface area contributed by atoms with Gasteiger partial charge in [0, 0.05) is 23.9 Å². The van der Waals surface area contributed by atoms with Gasteiger partial charge in [-0.15, -0.1) is 0 Å². The van der Waals surface area contributed by atoms with Crippen LogP contribution in [0.5, 0.6) is 11.6 Å². The Morgan fingerprint density at radius 1 is 1.11 bits per heavy atom. The number of aromatic nitrogens is 5. The van der Waals surface area contributed by atoms with Gasteiger partial charge in [-0.05, 0) is 67.7 Å². The van der Waals surface area contributed by atoms with E-state index in [1.807, 2.05) is 49.0 Å². The van der Waals surface area contributed by atoms with Gasteiger partial charge in [-0.25, -0.2) is 14.6 Å². The number of imidazole rings is 1. The lowest BCUT2D eigenvalue weighted by molar-refractivity contribution is 0.0952. The lowest BCUT2D eigenvalue weighted by atomic mass is 10.2. The normalized spacial score (nSPS) is 11.2. The van der Waals surface area contributed by atoms with Crippen molar-refractivity contribution >= 4 is 22.8 Å². The van der Waals surface area contributed by atoms with Crippen molar-refractivity contribution in [2.24, 2.45) is 0 Å². The van der Waals surface area contributed by atoms with E-state index in [0.717, 1.165) is 24.2 Å². The quantitative estimate of drug-likeness (QED) is 0.292. The number of pyridine rings is 1. The minimum absolute atomic E-state index is 0.133. The van der Waals surface area contributed by atoms with E-state index in [-0.39, 0.29) is 11.7 Å². The van der Waals surface area contributed by atoms with Crippen LogP contribution in [0.2, 0.25) is 0 Å². The molecule has 11 nitrogen and oxygen atoms in total. The Morgan fingerprint density at radius 2 is 1.95 bits per heavy atom. The summed E-state index contributed by atoms with van der Waals surface area (Å²) < 4.78 is 12.7. The summed E-state index contributed by atoms with van der Waals surface area (Å²) in [6.45, 7) is 1.50. The first-order chi connectivity index (χ1) is 18.0. The third-order valence-electron chi connectivity index (χ3n) is 5.64. The Morgan fingerprint density at radius 3 is 2.70 bits per heavy atom. The fourth-order valence-corrected chi connectivity index (χ4v) is 3.89. The topological polar surface area (TPSA) is 137 Å². The maximum atomic E-state index is 12.6. The van der Waals surface area contributed by atoms with Gasteiger partial charge in [0.15, 0.2) is 17.3 Å². The molecule has 2 aromatic carbocycles. The summed E-state index contributed by atoms with van der Waals surface area (Å²) in [7, 11) is 4.01. The van der Waals surface area contributed by atoms with E-state index in [0.29, 0.717) is 40.8 Å². The summed E-state index contributed by atoms with van der Waals surface area (Å²) in [6, 6.07) is 18.4. The van der Waals surface area contributed by atoms with Crippen LogP contribution >= 0.6 is 0 Å². The second kappa shape index (κ2) is 10.5. The molecule has 0 aliphatic carbocycles. The highest BCUT2D eigenvalue weighted by molar-refractivity contribution is 5.94. The molecule has 1 amide bonds. The zero-order valence-corrected chi connectivity index (χ0v) is 20.5. The number of nitrogens with two attached hydrogens (primary N) is 1. The van der Waals surface area contributed by atoms with Crippen LogP contribution in [0.4, 0.5) is 5.82 Å². The van der Waals surface area contributed by atoms with Gasteiger partial charge >= 0.3 is 0 Å². The molecule has 0 atom stereocenters. The van der Waals surface area contributed by atoms with Crippen molar-refractivity contribution in [3.8, 4) is 28.8 Å². The van der Waals surface area contributed by atoms with E-state index in [9.17, 15) is 4.79 Å². The predicted molar refractivity (Wildman–Crippen MR) is 139 cm³/mol. The molecular weight excluding hydrogens is 472 g/mol. The highest BCUT2D eigenvalue weighted by Crippen LogP contribution is 2.32. The summed E-state index contributed by atoms with van der Waals surface area (Å²) in [5, 5.41) is 10.6. The van der Waals surface area contributed by atoms with Crippen molar-refractivity contribution in [2.45, 2.75) is 6.42 Å². The first-order valence-electron chi connectivity index (χ1n) is 11.7. The largest absolute Gasteiger partial charge is 0.439 e. The van der Waals surface area contributed by atoms with Crippen LogP contribution < -0.4 is 15.8 Å². The molecule has 5 aromatic rings. The minimum atomic E-state index is -0.154. The van der Waals surface area contributed by atoms with Gasteiger partial charge in [-0.2, -0.15) is 0 Å². The van der Waals surface area contributed by atoms with Crippen LogP contribution in [0.15, 0.2) is 71.5 Å². The maximum absolute atomic E-state index is 12.6. The van der Waals surface area contributed by atoms with Gasteiger partial charge < -0.3 is 20.7 Å². The molecule has 0 aliphatic heterocycles. The zero-order valence-electron chi connectivity index (χ0n) is 20.5. The van der Waals surface area contributed by atoms with Crippen molar-refractivity contribution in [3.63, 3.8) is 0 Å². The molecular formula is C26H26N8O3. The number of amides is 1. The number of ether oxygens (including phenoxy) is 1. The molecule has 5 rings (SSSR count). The first-order valence-corrected chi connectivity index (χ1v) is 11.7. The van der Waals surface area contributed by atoms with E-state index in [1.54, 1.807) is 36.5 Å². The van der Waals surface area contributed by atoms with Gasteiger partial charge in [-0.1, -0.05) is 24.3 Å². The highest BCUT2D eigenvalue weighted by Gasteiger charge is 2.21. The van der Waals surface area contributed by atoms with E-state index in [4.69, 9.17) is 15.1 Å². The molecule has 0 spiro atoms. The monoisotopic (exact) mass is 498 g/mol. The molecule has 11 heteroatoms. The second-order valence-electron chi connectivity index (χ2n) is 8.66. The average Bonchev–Trinajstić information content (AvgIpc) is 3.49. The predicted octanol–water partition coefficient (Wildman–Crippen LogP) is 3.53. The molecule has 0 fully saturated rings. The summed E-state index contributed by atoms with van der Waals surface area (Å²) >= 11 is 0. The number of carbonyl (C=O) groups excluding carboxylic acids is 1. The number of hydrogen-bond donors (Lipinski definition) is 2. The summed E-state index contributed by atoms with van der Waals surface area (Å²) in [6.07, 6.45) is 2.48. The Bertz CT molecular complexity index is 1530. The Kier molecular flexibility index (Phi) is 6.77. The number of fused-ring (bicyclic) bond motifs is 1. The number of rotatable bonds is 9. The van der Waals surface area contributed by atoms with E-state index in [2.05, 4.69) is 30.5 Å². The molecule has 3 N–H and O–H groups in total. The number of nitrogens with zero attached hydrogens (tertiary/aromatic N) is 6. The van der Waals surface area contributed by atoms with E-state index < -0.39 is 0 Å². The number of hydrogen-bond acceptors (Lipinski definition) is 9. The highest BCUT2D eigenvalue weighted by atomic mass is 16.6. The van der Waals surface area contributed by atoms with Crippen molar-refractivity contribution < 1.29 is 14.2 Å². The van der Waals surface area contributed by atoms with Crippen LogP contribution in [0.25, 0.3) is 28.2 Å². The zero-order chi connectivity index (χ0) is 25.8. The van der Waals surface area contributed by atoms with Crippen molar-refractivity contribution in [1.29, 1.82) is 0 Å². The molecule has 0 unspecified atom stereocenters.